The molecule has 2 amide bonds. The molecule has 1 rings (SSSR count). The third-order valence-corrected chi connectivity index (χ3v) is 2.73. The third-order valence-electron chi connectivity index (χ3n) is 2.73. The molecule has 0 atom stereocenters. The molecule has 0 bridgehead atoms. The van der Waals surface area contributed by atoms with Crippen molar-refractivity contribution >= 4 is 17.6 Å². The van der Waals surface area contributed by atoms with Crippen LogP contribution in [0.25, 0.3) is 0 Å². The highest BCUT2D eigenvalue weighted by Gasteiger charge is 2.34. The van der Waals surface area contributed by atoms with Gasteiger partial charge in [0.25, 0.3) is 0 Å². The molecule has 0 radical (unpaired) electrons. The van der Waals surface area contributed by atoms with Crippen LogP contribution >= 0.6 is 0 Å². The van der Waals surface area contributed by atoms with E-state index in [1.807, 2.05) is 13.8 Å². The van der Waals surface area contributed by atoms with E-state index in [-0.39, 0.29) is 18.4 Å². The van der Waals surface area contributed by atoms with E-state index >= 15 is 0 Å². The number of hydrogen-bond donors (Lipinski definition) is 0. The zero-order valence-corrected chi connectivity index (χ0v) is 10.0. The Kier molecular flexibility index (Phi) is 4.04. The highest BCUT2D eigenvalue weighted by molar-refractivity contribution is 6.35. The Balaban J connectivity index is 2.65. The highest BCUT2D eigenvalue weighted by Crippen LogP contribution is 2.08. The molecule has 1 fully saturated rings. The Morgan fingerprint density at radius 2 is 1.88 bits per heavy atom. The summed E-state index contributed by atoms with van der Waals surface area (Å²) in [7, 11) is 0. The Morgan fingerprint density at radius 3 is 2.38 bits per heavy atom. The minimum Gasteiger partial charge on any atom is -0.330 e. The van der Waals surface area contributed by atoms with Crippen LogP contribution in [-0.2, 0) is 14.4 Å². The lowest BCUT2D eigenvalue weighted by molar-refractivity contribution is -0.157. The number of carbonyl (C=O) groups excluding carboxylic acids is 3. The largest absolute Gasteiger partial charge is 0.330 e. The Bertz CT molecular complexity index is 312. The smallest absolute Gasteiger partial charge is 0.312 e. The van der Waals surface area contributed by atoms with Gasteiger partial charge in [0, 0.05) is 25.6 Å². The maximum atomic E-state index is 11.7. The van der Waals surface area contributed by atoms with Crippen LogP contribution in [0.15, 0.2) is 0 Å². The number of hydrogen-bond acceptors (Lipinski definition) is 3. The molecule has 0 unspecified atom stereocenters. The monoisotopic (exact) mass is 226 g/mol. The lowest BCUT2D eigenvalue weighted by Crippen LogP contribution is -2.57. The molecule has 5 nitrogen and oxygen atoms in total. The van der Waals surface area contributed by atoms with E-state index in [1.54, 1.807) is 6.92 Å². The van der Waals surface area contributed by atoms with Crippen molar-refractivity contribution in [2.45, 2.75) is 33.2 Å². The van der Waals surface area contributed by atoms with Crippen molar-refractivity contribution in [2.24, 2.45) is 0 Å². The van der Waals surface area contributed by atoms with Crippen LogP contribution in [0, 0.1) is 0 Å². The number of piperazine rings is 1. The van der Waals surface area contributed by atoms with Crippen LogP contribution in [0.4, 0.5) is 0 Å². The zero-order valence-electron chi connectivity index (χ0n) is 10.0. The molecule has 0 aliphatic carbocycles. The lowest BCUT2D eigenvalue weighted by Gasteiger charge is -2.35. The lowest BCUT2D eigenvalue weighted by atomic mass is 10.2. The molecule has 1 heterocycles. The first-order valence-electron chi connectivity index (χ1n) is 5.59. The first-order chi connectivity index (χ1) is 7.47. The van der Waals surface area contributed by atoms with E-state index in [0.29, 0.717) is 19.5 Å². The second-order valence-electron chi connectivity index (χ2n) is 4.21. The fourth-order valence-corrected chi connectivity index (χ4v) is 1.66. The van der Waals surface area contributed by atoms with Gasteiger partial charge in [-0.05, 0) is 13.8 Å². The Morgan fingerprint density at radius 1 is 1.25 bits per heavy atom. The van der Waals surface area contributed by atoms with Crippen LogP contribution in [0.5, 0.6) is 0 Å². The van der Waals surface area contributed by atoms with Crippen molar-refractivity contribution in [1.29, 1.82) is 0 Å². The molecule has 0 N–H and O–H groups in total. The quantitative estimate of drug-likeness (QED) is 0.636. The standard InChI is InChI=1S/C11H18N2O3/c1-4-9(14)7-12-5-6-13(8(2)3)11(16)10(12)15/h8H,4-7H2,1-3H3. The normalized spacial score (nSPS) is 17.2. The van der Waals surface area contributed by atoms with Crippen LogP contribution in [-0.4, -0.2) is 53.1 Å². The molecule has 0 aromatic carbocycles. The molecule has 0 spiro atoms. The molecule has 1 saturated heterocycles. The number of amides is 2. The van der Waals surface area contributed by atoms with Crippen molar-refractivity contribution in [3.05, 3.63) is 0 Å². The maximum absolute atomic E-state index is 11.7. The van der Waals surface area contributed by atoms with Gasteiger partial charge in [-0.1, -0.05) is 6.92 Å². The van der Waals surface area contributed by atoms with Crippen molar-refractivity contribution in [1.82, 2.24) is 9.80 Å². The van der Waals surface area contributed by atoms with E-state index < -0.39 is 11.8 Å². The molecule has 16 heavy (non-hydrogen) atoms. The van der Waals surface area contributed by atoms with E-state index in [2.05, 4.69) is 0 Å². The molecule has 5 heteroatoms. The number of ketones is 1. The van der Waals surface area contributed by atoms with Crippen LogP contribution < -0.4 is 0 Å². The molecular formula is C11H18N2O3. The highest BCUT2D eigenvalue weighted by atomic mass is 16.2. The third kappa shape index (κ3) is 2.59. The van der Waals surface area contributed by atoms with Gasteiger partial charge in [0.1, 0.15) is 0 Å². The van der Waals surface area contributed by atoms with Gasteiger partial charge in [-0.25, -0.2) is 0 Å². The molecular weight excluding hydrogens is 208 g/mol. The van der Waals surface area contributed by atoms with Gasteiger partial charge in [-0.3, -0.25) is 14.4 Å². The minimum atomic E-state index is -0.554. The average Bonchev–Trinajstić information content (AvgIpc) is 2.24. The van der Waals surface area contributed by atoms with Gasteiger partial charge in [-0.15, -0.1) is 0 Å². The predicted octanol–water partition coefficient (Wildman–Crippen LogP) is 0.0447. The molecule has 1 aliphatic rings. The molecule has 0 saturated carbocycles. The van der Waals surface area contributed by atoms with Crippen molar-refractivity contribution in [3.8, 4) is 0 Å². The Hall–Kier alpha value is -1.39. The summed E-state index contributed by atoms with van der Waals surface area (Å²) in [6.07, 6.45) is 0.395. The number of Topliss-reactive ketones (excluding diaryl/α,β-unsaturated/α-hetero) is 1. The topological polar surface area (TPSA) is 57.7 Å². The minimum absolute atomic E-state index is 0.0147. The van der Waals surface area contributed by atoms with Gasteiger partial charge in [0.2, 0.25) is 0 Å². The van der Waals surface area contributed by atoms with E-state index in [1.165, 1.54) is 9.80 Å². The zero-order chi connectivity index (χ0) is 12.3. The second-order valence-corrected chi connectivity index (χ2v) is 4.21. The fourth-order valence-electron chi connectivity index (χ4n) is 1.66. The van der Waals surface area contributed by atoms with Gasteiger partial charge in [0.05, 0.1) is 6.54 Å². The predicted molar refractivity (Wildman–Crippen MR) is 58.7 cm³/mol. The van der Waals surface area contributed by atoms with Gasteiger partial charge < -0.3 is 9.80 Å². The average molecular weight is 226 g/mol. The van der Waals surface area contributed by atoms with Crippen molar-refractivity contribution in [2.75, 3.05) is 19.6 Å². The summed E-state index contributed by atoms with van der Waals surface area (Å²) in [5, 5.41) is 0. The summed E-state index contributed by atoms with van der Waals surface area (Å²) >= 11 is 0. The number of nitrogens with zero attached hydrogens (tertiary/aromatic N) is 2. The van der Waals surface area contributed by atoms with Gasteiger partial charge in [-0.2, -0.15) is 0 Å². The summed E-state index contributed by atoms with van der Waals surface area (Å²) in [4.78, 5) is 37.5. The summed E-state index contributed by atoms with van der Waals surface area (Å²) in [5.41, 5.74) is 0. The number of rotatable bonds is 4. The van der Waals surface area contributed by atoms with Crippen molar-refractivity contribution < 1.29 is 14.4 Å². The molecule has 0 aromatic heterocycles. The molecule has 1 aliphatic heterocycles. The molecule has 0 aromatic rings. The van der Waals surface area contributed by atoms with E-state index in [4.69, 9.17) is 0 Å². The summed E-state index contributed by atoms with van der Waals surface area (Å²) in [5.74, 6) is -1.06. The first-order valence-corrected chi connectivity index (χ1v) is 5.59. The van der Waals surface area contributed by atoms with E-state index in [0.717, 1.165) is 0 Å². The molecule has 90 valence electrons. The maximum Gasteiger partial charge on any atom is 0.312 e. The second kappa shape index (κ2) is 5.09. The van der Waals surface area contributed by atoms with Crippen LogP contribution in [0.1, 0.15) is 27.2 Å². The van der Waals surface area contributed by atoms with Crippen LogP contribution in [0.2, 0.25) is 0 Å². The van der Waals surface area contributed by atoms with Crippen LogP contribution in [0.3, 0.4) is 0 Å². The SMILES string of the molecule is CCC(=O)CN1CCN(C(C)C)C(=O)C1=O. The summed E-state index contributed by atoms with van der Waals surface area (Å²) in [6, 6.07) is 0.0282. The first kappa shape index (κ1) is 12.7. The van der Waals surface area contributed by atoms with Gasteiger partial charge >= 0.3 is 11.8 Å². The fraction of sp³-hybridized carbons (Fsp3) is 0.727. The summed E-state index contributed by atoms with van der Waals surface area (Å²) < 4.78 is 0. The van der Waals surface area contributed by atoms with Gasteiger partial charge in [0.15, 0.2) is 5.78 Å². The summed E-state index contributed by atoms with van der Waals surface area (Å²) in [6.45, 7) is 6.52. The Labute approximate surface area is 95.4 Å². The van der Waals surface area contributed by atoms with E-state index in [9.17, 15) is 14.4 Å². The number of carbonyl (C=O) groups is 3. The van der Waals surface area contributed by atoms with Crippen molar-refractivity contribution in [3.63, 3.8) is 0 Å².